The zero-order valence-corrected chi connectivity index (χ0v) is 16.6. The minimum Gasteiger partial charge on any atom is -0.340 e. The molecule has 2 aliphatic rings. The number of fused-ring (bicyclic) bond motifs is 2. The molecule has 2 aromatic heterocycles. The first-order chi connectivity index (χ1) is 13.1. The Labute approximate surface area is 164 Å². The lowest BCUT2D eigenvalue weighted by Gasteiger charge is -2.36. The lowest BCUT2D eigenvalue weighted by atomic mass is 9.89. The number of halogens is 1. The number of rotatable bonds is 2. The van der Waals surface area contributed by atoms with Gasteiger partial charge >= 0.3 is 0 Å². The molecule has 0 amide bonds. The molecule has 5 rings (SSSR count). The summed E-state index contributed by atoms with van der Waals surface area (Å²) in [5.74, 6) is 0.890. The number of aromatic nitrogens is 4. The van der Waals surface area contributed by atoms with E-state index in [2.05, 4.69) is 33.6 Å². The Kier molecular flexibility index (Phi) is 4.10. The average molecular weight is 382 g/mol. The van der Waals surface area contributed by atoms with Gasteiger partial charge in [-0.15, -0.1) is 0 Å². The van der Waals surface area contributed by atoms with Crippen LogP contribution in [-0.4, -0.2) is 37.2 Å². The monoisotopic (exact) mass is 381 g/mol. The summed E-state index contributed by atoms with van der Waals surface area (Å²) in [5, 5.41) is 5.37. The van der Waals surface area contributed by atoms with Gasteiger partial charge in [0.25, 0.3) is 0 Å². The molecule has 0 saturated heterocycles. The standard InChI is InChI=1S/C21H24ClN5/c1-13-16-11-14(7-8-20(16)26(2)25-13)27-10-9-18-19(12-27)24-21(23-18)15-5-3-4-6-17(15)22/h3-6,14H,7-12H2,1-2H3,(H,23,24). The molecule has 3 heterocycles. The van der Waals surface area contributed by atoms with Gasteiger partial charge in [0, 0.05) is 43.9 Å². The molecule has 1 unspecified atom stereocenters. The van der Waals surface area contributed by atoms with Crippen LogP contribution < -0.4 is 0 Å². The van der Waals surface area contributed by atoms with E-state index in [1.165, 1.54) is 34.8 Å². The first-order valence-electron chi connectivity index (χ1n) is 9.68. The van der Waals surface area contributed by atoms with Crippen LogP contribution >= 0.6 is 11.6 Å². The van der Waals surface area contributed by atoms with E-state index in [9.17, 15) is 0 Å². The lowest BCUT2D eigenvalue weighted by Crippen LogP contribution is -2.42. The summed E-state index contributed by atoms with van der Waals surface area (Å²) < 4.78 is 2.07. The zero-order valence-electron chi connectivity index (χ0n) is 15.8. The second-order valence-corrected chi connectivity index (χ2v) is 8.15. The highest BCUT2D eigenvalue weighted by Gasteiger charge is 2.31. The molecule has 3 aromatic rings. The Bertz CT molecular complexity index is 1000. The van der Waals surface area contributed by atoms with Gasteiger partial charge in [-0.05, 0) is 43.9 Å². The summed E-state index contributed by atoms with van der Waals surface area (Å²) >= 11 is 6.36. The van der Waals surface area contributed by atoms with Crippen molar-refractivity contribution >= 4 is 11.6 Å². The molecule has 0 saturated carbocycles. The zero-order chi connectivity index (χ0) is 18.5. The Balaban J connectivity index is 1.38. The van der Waals surface area contributed by atoms with Gasteiger partial charge in [0.2, 0.25) is 0 Å². The van der Waals surface area contributed by atoms with Crippen molar-refractivity contribution in [3.63, 3.8) is 0 Å². The average Bonchev–Trinajstić information content (AvgIpc) is 3.22. The molecule has 1 aliphatic heterocycles. The maximum absolute atomic E-state index is 6.36. The second-order valence-electron chi connectivity index (χ2n) is 7.74. The number of imidazole rings is 1. The van der Waals surface area contributed by atoms with E-state index < -0.39 is 0 Å². The second kappa shape index (κ2) is 6.50. The van der Waals surface area contributed by atoms with E-state index in [4.69, 9.17) is 16.6 Å². The van der Waals surface area contributed by atoms with Crippen LogP contribution in [0.1, 0.15) is 34.8 Å². The Morgan fingerprint density at radius 3 is 2.93 bits per heavy atom. The predicted octanol–water partition coefficient (Wildman–Crippen LogP) is 3.69. The topological polar surface area (TPSA) is 49.7 Å². The number of aryl methyl sites for hydroxylation is 2. The molecule has 27 heavy (non-hydrogen) atoms. The smallest absolute Gasteiger partial charge is 0.139 e. The summed E-state index contributed by atoms with van der Waals surface area (Å²) in [7, 11) is 2.07. The number of benzene rings is 1. The van der Waals surface area contributed by atoms with Crippen LogP contribution in [0.4, 0.5) is 0 Å². The molecule has 140 valence electrons. The molecule has 1 atom stereocenters. The molecule has 0 spiro atoms. The minimum atomic E-state index is 0.584. The van der Waals surface area contributed by atoms with Crippen molar-refractivity contribution in [2.45, 2.75) is 45.2 Å². The van der Waals surface area contributed by atoms with Gasteiger partial charge in [0.1, 0.15) is 5.82 Å². The van der Waals surface area contributed by atoms with E-state index in [1.807, 2.05) is 24.3 Å². The molecule has 1 aliphatic carbocycles. The Hall–Kier alpha value is -2.11. The highest BCUT2D eigenvalue weighted by molar-refractivity contribution is 6.33. The third kappa shape index (κ3) is 2.89. The fraction of sp³-hybridized carbons (Fsp3) is 0.429. The molecular weight excluding hydrogens is 358 g/mol. The van der Waals surface area contributed by atoms with E-state index >= 15 is 0 Å². The van der Waals surface area contributed by atoms with Crippen molar-refractivity contribution in [2.24, 2.45) is 7.05 Å². The first kappa shape index (κ1) is 17.0. The Morgan fingerprint density at radius 2 is 2.07 bits per heavy atom. The predicted molar refractivity (Wildman–Crippen MR) is 107 cm³/mol. The van der Waals surface area contributed by atoms with Gasteiger partial charge in [0.05, 0.1) is 22.1 Å². The van der Waals surface area contributed by atoms with E-state index in [0.717, 1.165) is 48.8 Å². The highest BCUT2D eigenvalue weighted by atomic mass is 35.5. The Morgan fingerprint density at radius 1 is 1.22 bits per heavy atom. The van der Waals surface area contributed by atoms with Gasteiger partial charge in [-0.25, -0.2) is 4.98 Å². The van der Waals surface area contributed by atoms with Gasteiger partial charge in [0.15, 0.2) is 0 Å². The minimum absolute atomic E-state index is 0.584. The van der Waals surface area contributed by atoms with Crippen molar-refractivity contribution < 1.29 is 0 Å². The third-order valence-electron chi connectivity index (χ3n) is 6.14. The van der Waals surface area contributed by atoms with Crippen molar-refractivity contribution in [2.75, 3.05) is 6.54 Å². The van der Waals surface area contributed by atoms with Crippen molar-refractivity contribution in [1.29, 1.82) is 0 Å². The van der Waals surface area contributed by atoms with Crippen molar-refractivity contribution in [3.05, 3.63) is 57.6 Å². The maximum Gasteiger partial charge on any atom is 0.139 e. The van der Waals surface area contributed by atoms with Crippen LogP contribution in [0.2, 0.25) is 5.02 Å². The summed E-state index contributed by atoms with van der Waals surface area (Å²) in [6, 6.07) is 8.48. The fourth-order valence-electron chi connectivity index (χ4n) is 4.69. The summed E-state index contributed by atoms with van der Waals surface area (Å²) in [6.45, 7) is 4.14. The fourth-order valence-corrected chi connectivity index (χ4v) is 4.91. The van der Waals surface area contributed by atoms with Gasteiger partial charge in [-0.1, -0.05) is 23.7 Å². The van der Waals surface area contributed by atoms with Crippen LogP contribution in [0, 0.1) is 6.92 Å². The van der Waals surface area contributed by atoms with Crippen molar-refractivity contribution in [3.8, 4) is 11.4 Å². The van der Waals surface area contributed by atoms with Gasteiger partial charge in [-0.2, -0.15) is 5.10 Å². The van der Waals surface area contributed by atoms with Crippen molar-refractivity contribution in [1.82, 2.24) is 24.6 Å². The van der Waals surface area contributed by atoms with Gasteiger partial charge in [-0.3, -0.25) is 9.58 Å². The van der Waals surface area contributed by atoms with Crippen LogP contribution in [-0.2, 0) is 32.9 Å². The molecule has 1 aromatic carbocycles. The molecular formula is C21H24ClN5. The quantitative estimate of drug-likeness (QED) is 0.736. The van der Waals surface area contributed by atoms with Gasteiger partial charge < -0.3 is 4.98 Å². The summed E-state index contributed by atoms with van der Waals surface area (Å²) in [5.41, 5.74) is 7.48. The highest BCUT2D eigenvalue weighted by Crippen LogP contribution is 2.31. The maximum atomic E-state index is 6.36. The van der Waals surface area contributed by atoms with E-state index in [-0.39, 0.29) is 0 Å². The van der Waals surface area contributed by atoms with Crippen LogP contribution in [0.15, 0.2) is 24.3 Å². The summed E-state index contributed by atoms with van der Waals surface area (Å²) in [6.07, 6.45) is 4.42. The lowest BCUT2D eigenvalue weighted by molar-refractivity contribution is 0.160. The normalized spacial score (nSPS) is 19.7. The van der Waals surface area contributed by atoms with Crippen LogP contribution in [0.5, 0.6) is 0 Å². The third-order valence-corrected chi connectivity index (χ3v) is 6.47. The number of nitrogens with zero attached hydrogens (tertiary/aromatic N) is 4. The number of nitrogens with one attached hydrogen (secondary N) is 1. The van der Waals surface area contributed by atoms with Crippen LogP contribution in [0.25, 0.3) is 11.4 Å². The molecule has 6 heteroatoms. The molecule has 0 fully saturated rings. The first-order valence-corrected chi connectivity index (χ1v) is 10.1. The van der Waals surface area contributed by atoms with E-state index in [1.54, 1.807) is 0 Å². The molecule has 1 N–H and O–H groups in total. The molecule has 0 radical (unpaired) electrons. The van der Waals surface area contributed by atoms with Crippen LogP contribution in [0.3, 0.4) is 0 Å². The number of hydrogen-bond donors (Lipinski definition) is 1. The number of H-pyrrole nitrogens is 1. The SMILES string of the molecule is Cc1nn(C)c2c1CC(N1CCc3nc(-c4ccccc4Cl)[nH]c3C1)CC2. The number of hydrogen-bond acceptors (Lipinski definition) is 3. The number of aromatic amines is 1. The molecule has 5 nitrogen and oxygen atoms in total. The molecule has 0 bridgehead atoms. The largest absolute Gasteiger partial charge is 0.340 e. The summed E-state index contributed by atoms with van der Waals surface area (Å²) in [4.78, 5) is 11.0. The van der Waals surface area contributed by atoms with E-state index in [0.29, 0.717) is 6.04 Å².